The number of benzene rings is 5. The minimum Gasteiger partial charge on any atom is -0.455 e. The zero-order valence-electron chi connectivity index (χ0n) is 20.6. The Kier molecular flexibility index (Phi) is 4.47. The molecule has 2 heterocycles. The van der Waals surface area contributed by atoms with Crippen LogP contribution in [0.25, 0.3) is 60.6 Å². The number of aromatic nitrogens is 1. The quantitative estimate of drug-likeness (QED) is 0.182. The van der Waals surface area contributed by atoms with E-state index in [0.717, 1.165) is 62.1 Å². The molecule has 1 aliphatic rings. The fraction of sp³-hybridized carbons (Fsp3) is 0.0588. The highest BCUT2D eigenvalue weighted by Crippen LogP contribution is 2.43. The van der Waals surface area contributed by atoms with E-state index in [0.29, 0.717) is 0 Å². The third-order valence-electron chi connectivity index (χ3n) is 7.76. The van der Waals surface area contributed by atoms with Crippen molar-refractivity contribution in [2.75, 3.05) is 0 Å². The Bertz CT molecular complexity index is 2140. The van der Waals surface area contributed by atoms with E-state index in [2.05, 4.69) is 59.6 Å². The van der Waals surface area contributed by atoms with Crippen LogP contribution < -0.4 is 0 Å². The Hall–Kier alpha value is -4.96. The summed E-state index contributed by atoms with van der Waals surface area (Å²) in [6.45, 7) is 0. The maximum atomic E-state index is 8.91. The van der Waals surface area contributed by atoms with E-state index in [1.54, 1.807) is 6.21 Å². The van der Waals surface area contributed by atoms with Gasteiger partial charge in [0, 0.05) is 27.8 Å². The van der Waals surface area contributed by atoms with Crippen molar-refractivity contribution in [3.05, 3.63) is 114 Å². The standard InChI is InChI=1S/C34H23N3O/c35-34(36-20-21-8-2-1-3-9-21)37-27-13-7-6-12-25(27)31-28(37)18-17-26-32-29(38-33(26)31)19-16-23-15-14-22-10-4-5-11-24(22)30(23)32/h1-3,5-9,11-20,35H,4,10H2/b35-34?,36-20+. The number of para-hydroxylation sites is 1. The number of furan rings is 1. The van der Waals surface area contributed by atoms with Gasteiger partial charge in [-0.05, 0) is 59.2 Å². The summed E-state index contributed by atoms with van der Waals surface area (Å²) in [5, 5.41) is 15.7. The lowest BCUT2D eigenvalue weighted by atomic mass is 9.90. The number of nitrogens with one attached hydrogen (secondary N) is 1. The van der Waals surface area contributed by atoms with Crippen molar-refractivity contribution in [1.82, 2.24) is 4.57 Å². The van der Waals surface area contributed by atoms with Crippen molar-refractivity contribution in [3.63, 3.8) is 0 Å². The summed E-state index contributed by atoms with van der Waals surface area (Å²) < 4.78 is 8.57. The molecule has 0 amide bonds. The van der Waals surface area contributed by atoms with Crippen molar-refractivity contribution in [1.29, 1.82) is 5.41 Å². The molecule has 0 fully saturated rings. The van der Waals surface area contributed by atoms with Gasteiger partial charge in [0.1, 0.15) is 11.2 Å². The highest BCUT2D eigenvalue weighted by Gasteiger charge is 2.21. The van der Waals surface area contributed by atoms with Crippen molar-refractivity contribution in [3.8, 4) is 0 Å². The van der Waals surface area contributed by atoms with E-state index < -0.39 is 0 Å². The predicted octanol–water partition coefficient (Wildman–Crippen LogP) is 8.71. The summed E-state index contributed by atoms with van der Waals surface area (Å²) in [7, 11) is 0. The Morgan fingerprint density at radius 2 is 1.63 bits per heavy atom. The van der Waals surface area contributed by atoms with Gasteiger partial charge < -0.3 is 4.42 Å². The molecule has 0 atom stereocenters. The van der Waals surface area contributed by atoms with Gasteiger partial charge in [-0.3, -0.25) is 9.98 Å². The van der Waals surface area contributed by atoms with Crippen LogP contribution in [0.3, 0.4) is 0 Å². The van der Waals surface area contributed by atoms with Gasteiger partial charge in [0.2, 0.25) is 5.96 Å². The summed E-state index contributed by atoms with van der Waals surface area (Å²) in [6, 6.07) is 31.1. The molecular formula is C34H23N3O. The molecule has 0 saturated heterocycles. The molecule has 8 rings (SSSR count). The molecule has 0 spiro atoms. The van der Waals surface area contributed by atoms with Crippen molar-refractivity contribution >= 4 is 72.8 Å². The van der Waals surface area contributed by atoms with Gasteiger partial charge in [-0.2, -0.15) is 0 Å². The van der Waals surface area contributed by atoms with Crippen LogP contribution >= 0.6 is 0 Å². The molecule has 0 radical (unpaired) electrons. The van der Waals surface area contributed by atoms with Gasteiger partial charge in [0.15, 0.2) is 0 Å². The van der Waals surface area contributed by atoms with Gasteiger partial charge in [0.05, 0.1) is 16.4 Å². The summed E-state index contributed by atoms with van der Waals surface area (Å²) in [5.41, 5.74) is 7.27. The Morgan fingerprint density at radius 3 is 2.55 bits per heavy atom. The number of hydrogen-bond donors (Lipinski definition) is 1. The molecule has 0 saturated carbocycles. The van der Waals surface area contributed by atoms with Gasteiger partial charge in [0.25, 0.3) is 0 Å². The van der Waals surface area contributed by atoms with Crippen LogP contribution in [0.1, 0.15) is 23.1 Å². The molecular weight excluding hydrogens is 466 g/mol. The van der Waals surface area contributed by atoms with Crippen LogP contribution in [0.5, 0.6) is 0 Å². The lowest BCUT2D eigenvalue weighted by Gasteiger charge is -2.14. The summed E-state index contributed by atoms with van der Waals surface area (Å²) in [4.78, 5) is 4.53. The van der Waals surface area contributed by atoms with Gasteiger partial charge in [-0.25, -0.2) is 4.99 Å². The molecule has 1 aliphatic carbocycles. The number of aliphatic imine (C=N–C) groups is 1. The predicted molar refractivity (Wildman–Crippen MR) is 159 cm³/mol. The maximum Gasteiger partial charge on any atom is 0.227 e. The number of nitrogens with zero attached hydrogens (tertiary/aromatic N) is 2. The molecule has 0 bridgehead atoms. The van der Waals surface area contributed by atoms with Crippen LogP contribution in [0.15, 0.2) is 106 Å². The van der Waals surface area contributed by atoms with Crippen molar-refractivity contribution in [2.45, 2.75) is 12.8 Å². The zero-order valence-corrected chi connectivity index (χ0v) is 20.6. The number of fused-ring (bicyclic) bond motifs is 11. The molecule has 1 N–H and O–H groups in total. The van der Waals surface area contributed by atoms with Gasteiger partial charge >= 0.3 is 0 Å². The first-order valence-electron chi connectivity index (χ1n) is 13.0. The minimum absolute atomic E-state index is 0.167. The SMILES string of the molecule is N=C(/N=C/c1ccccc1)n1c2ccccc2c2c3oc4ccc5ccc6c(c5c4c3ccc21)C=CCC6. The topological polar surface area (TPSA) is 54.3 Å². The van der Waals surface area contributed by atoms with E-state index in [4.69, 9.17) is 9.83 Å². The summed E-state index contributed by atoms with van der Waals surface area (Å²) in [6.07, 6.45) is 8.44. The molecule has 2 aromatic heterocycles. The summed E-state index contributed by atoms with van der Waals surface area (Å²) in [5.74, 6) is 0.167. The molecule has 4 heteroatoms. The first-order chi connectivity index (χ1) is 18.8. The lowest BCUT2D eigenvalue weighted by molar-refractivity contribution is 0.673. The first kappa shape index (κ1) is 21.2. The molecule has 180 valence electrons. The van der Waals surface area contributed by atoms with Crippen LogP contribution in [-0.2, 0) is 6.42 Å². The largest absolute Gasteiger partial charge is 0.455 e. The maximum absolute atomic E-state index is 8.91. The zero-order chi connectivity index (χ0) is 25.2. The number of hydrogen-bond acceptors (Lipinski definition) is 2. The van der Waals surface area contributed by atoms with E-state index >= 15 is 0 Å². The Morgan fingerprint density at radius 1 is 0.789 bits per heavy atom. The first-order valence-corrected chi connectivity index (χ1v) is 13.0. The van der Waals surface area contributed by atoms with Crippen LogP contribution in [0.2, 0.25) is 0 Å². The Balaban J connectivity index is 1.44. The van der Waals surface area contributed by atoms with Crippen molar-refractivity contribution < 1.29 is 4.42 Å². The third kappa shape index (κ3) is 2.97. The highest BCUT2D eigenvalue weighted by molar-refractivity contribution is 6.29. The fourth-order valence-electron chi connectivity index (χ4n) is 6.07. The molecule has 7 aromatic rings. The Labute approximate surface area is 218 Å². The number of rotatable bonds is 1. The normalized spacial score (nSPS) is 13.5. The average Bonchev–Trinajstić information content (AvgIpc) is 3.52. The number of allylic oxidation sites excluding steroid dienone is 1. The van der Waals surface area contributed by atoms with E-state index in [-0.39, 0.29) is 5.96 Å². The van der Waals surface area contributed by atoms with Crippen LogP contribution in [0, 0.1) is 5.41 Å². The second-order valence-electron chi connectivity index (χ2n) is 9.90. The van der Waals surface area contributed by atoms with Gasteiger partial charge in [-0.1, -0.05) is 78.9 Å². The second kappa shape index (κ2) is 8.02. The highest BCUT2D eigenvalue weighted by atomic mass is 16.3. The van der Waals surface area contributed by atoms with Crippen LogP contribution in [0.4, 0.5) is 0 Å². The molecule has 5 aromatic carbocycles. The van der Waals surface area contributed by atoms with E-state index in [9.17, 15) is 0 Å². The second-order valence-corrected chi connectivity index (χ2v) is 9.90. The summed E-state index contributed by atoms with van der Waals surface area (Å²) >= 11 is 0. The van der Waals surface area contributed by atoms with E-state index in [1.807, 2.05) is 53.1 Å². The smallest absolute Gasteiger partial charge is 0.227 e. The number of aryl methyl sites for hydroxylation is 1. The van der Waals surface area contributed by atoms with Crippen LogP contribution in [-0.4, -0.2) is 16.7 Å². The lowest BCUT2D eigenvalue weighted by Crippen LogP contribution is -2.07. The molecule has 0 unspecified atom stereocenters. The van der Waals surface area contributed by atoms with Crippen molar-refractivity contribution in [2.24, 2.45) is 4.99 Å². The molecule has 38 heavy (non-hydrogen) atoms. The minimum atomic E-state index is 0.167. The molecule has 4 nitrogen and oxygen atoms in total. The third-order valence-corrected chi connectivity index (χ3v) is 7.76. The average molecular weight is 490 g/mol. The monoisotopic (exact) mass is 489 g/mol. The van der Waals surface area contributed by atoms with Gasteiger partial charge in [-0.15, -0.1) is 0 Å². The molecule has 0 aliphatic heterocycles. The fourth-order valence-corrected chi connectivity index (χ4v) is 6.07. The van der Waals surface area contributed by atoms with E-state index in [1.165, 1.54) is 21.9 Å².